The highest BCUT2D eigenvalue weighted by atomic mass is 16.5. The highest BCUT2D eigenvalue weighted by molar-refractivity contribution is 5.77. The SMILES string of the molecule is CC/C=C/C/C=C/C/C=C/C/C=C/C/C=C/CCC(=O)OC(CCCCCCCCCCCCCCCCC)CC(=O)NC(CO)C(O)CCCCCCCCCCCC. The number of amides is 1. The highest BCUT2D eigenvalue weighted by Gasteiger charge is 2.24. The number of carbonyl (C=O) groups is 2. The number of allylic oxidation sites excluding steroid dienone is 10. The number of carbonyl (C=O) groups excluding carboxylic acids is 2. The summed E-state index contributed by atoms with van der Waals surface area (Å²) in [5.74, 6) is -0.568. The Balaban J connectivity index is 4.69. The lowest BCUT2D eigenvalue weighted by atomic mass is 10.0. The topological polar surface area (TPSA) is 95.9 Å². The van der Waals surface area contributed by atoms with Gasteiger partial charge in [0.2, 0.25) is 5.91 Å². The Morgan fingerprint density at radius 2 is 0.867 bits per heavy atom. The molecule has 0 aliphatic carbocycles. The first-order valence-corrected chi connectivity index (χ1v) is 25.5. The van der Waals surface area contributed by atoms with Crippen LogP contribution in [0.1, 0.15) is 245 Å². The number of hydrogen-bond donors (Lipinski definition) is 3. The van der Waals surface area contributed by atoms with Gasteiger partial charge in [0.15, 0.2) is 0 Å². The lowest BCUT2D eigenvalue weighted by Crippen LogP contribution is -2.46. The Bertz CT molecular complexity index is 1080. The first-order chi connectivity index (χ1) is 29.5. The summed E-state index contributed by atoms with van der Waals surface area (Å²) in [5.41, 5.74) is 0. The molecule has 6 heteroatoms. The standard InChI is InChI=1S/C54H97NO5/c1-4-7-10-13-16-19-22-24-26-28-30-32-35-38-41-44-47-54(59)60-50(45-42-39-36-33-31-29-27-25-23-20-17-14-11-8-5-2)48-53(58)55-51(49-56)52(57)46-43-40-37-34-21-18-15-12-9-6-3/h7,10,16,19,24,26,30,32,38,41,50-52,56-57H,4-6,8-9,11-15,17-18,20-23,25,27-29,31,33-37,39-40,42-49H2,1-3H3,(H,55,58)/b10-7+,19-16+,26-24+,32-30+,41-38+. The molecule has 60 heavy (non-hydrogen) atoms. The summed E-state index contributed by atoms with van der Waals surface area (Å²) in [6.45, 7) is 6.35. The molecule has 0 heterocycles. The van der Waals surface area contributed by atoms with Gasteiger partial charge in [0, 0.05) is 6.42 Å². The number of hydrogen-bond acceptors (Lipinski definition) is 5. The molecule has 6 nitrogen and oxygen atoms in total. The minimum Gasteiger partial charge on any atom is -0.462 e. The van der Waals surface area contributed by atoms with Crippen LogP contribution in [0.5, 0.6) is 0 Å². The number of aliphatic hydroxyl groups excluding tert-OH is 2. The van der Waals surface area contributed by atoms with Gasteiger partial charge < -0.3 is 20.3 Å². The Kier molecular flexibility index (Phi) is 45.7. The van der Waals surface area contributed by atoms with Gasteiger partial charge >= 0.3 is 5.97 Å². The molecule has 3 N–H and O–H groups in total. The van der Waals surface area contributed by atoms with E-state index < -0.39 is 18.2 Å². The summed E-state index contributed by atoms with van der Waals surface area (Å²) in [4.78, 5) is 26.1. The fourth-order valence-corrected chi connectivity index (χ4v) is 7.54. The van der Waals surface area contributed by atoms with E-state index in [0.717, 1.165) is 70.6 Å². The number of unbranched alkanes of at least 4 members (excludes halogenated alkanes) is 23. The largest absolute Gasteiger partial charge is 0.462 e. The summed E-state index contributed by atoms with van der Waals surface area (Å²) >= 11 is 0. The third-order valence-corrected chi connectivity index (χ3v) is 11.4. The van der Waals surface area contributed by atoms with Crippen molar-refractivity contribution in [3.63, 3.8) is 0 Å². The van der Waals surface area contributed by atoms with E-state index in [0.29, 0.717) is 19.3 Å². The molecule has 0 fully saturated rings. The second kappa shape index (κ2) is 47.6. The fraction of sp³-hybridized carbons (Fsp3) is 0.778. The summed E-state index contributed by atoms with van der Waals surface area (Å²) in [6, 6.07) is -0.714. The molecule has 348 valence electrons. The molecule has 0 rings (SSSR count). The molecule has 0 aliphatic heterocycles. The van der Waals surface area contributed by atoms with Crippen LogP contribution in [0.3, 0.4) is 0 Å². The summed E-state index contributed by atoms with van der Waals surface area (Å²) in [6.07, 6.45) is 58.6. The molecule has 0 aromatic carbocycles. The number of aliphatic hydroxyl groups is 2. The predicted molar refractivity (Wildman–Crippen MR) is 259 cm³/mol. The molecule has 0 aromatic rings. The van der Waals surface area contributed by atoms with Crippen molar-refractivity contribution >= 4 is 11.9 Å². The minimum atomic E-state index is -0.798. The molecule has 3 unspecified atom stereocenters. The van der Waals surface area contributed by atoms with Crippen molar-refractivity contribution in [1.29, 1.82) is 0 Å². The van der Waals surface area contributed by atoms with Crippen LogP contribution in [-0.4, -0.2) is 46.9 Å². The van der Waals surface area contributed by atoms with Crippen molar-refractivity contribution in [2.45, 2.75) is 264 Å². The van der Waals surface area contributed by atoms with Gasteiger partial charge in [-0.05, 0) is 57.8 Å². The fourth-order valence-electron chi connectivity index (χ4n) is 7.54. The normalized spacial score (nSPS) is 13.8. The molecule has 3 atom stereocenters. The van der Waals surface area contributed by atoms with Gasteiger partial charge in [-0.25, -0.2) is 0 Å². The molecule has 0 aromatic heterocycles. The van der Waals surface area contributed by atoms with Gasteiger partial charge in [0.1, 0.15) is 6.10 Å². The quantitative estimate of drug-likeness (QED) is 0.0322. The van der Waals surface area contributed by atoms with Crippen LogP contribution in [0.15, 0.2) is 60.8 Å². The van der Waals surface area contributed by atoms with Crippen molar-refractivity contribution in [2.75, 3.05) is 6.61 Å². The molecule has 1 amide bonds. The third kappa shape index (κ3) is 42.3. The third-order valence-electron chi connectivity index (χ3n) is 11.4. The van der Waals surface area contributed by atoms with Crippen molar-refractivity contribution in [1.82, 2.24) is 5.32 Å². The Labute approximate surface area is 371 Å². The zero-order valence-corrected chi connectivity index (χ0v) is 39.6. The molecule has 0 bridgehead atoms. The van der Waals surface area contributed by atoms with Crippen LogP contribution in [-0.2, 0) is 14.3 Å². The van der Waals surface area contributed by atoms with Crippen LogP contribution < -0.4 is 5.32 Å². The monoisotopic (exact) mass is 840 g/mol. The van der Waals surface area contributed by atoms with Crippen molar-refractivity contribution in [3.05, 3.63) is 60.8 Å². The van der Waals surface area contributed by atoms with E-state index in [1.807, 2.05) is 6.08 Å². The van der Waals surface area contributed by atoms with Gasteiger partial charge in [0.05, 0.1) is 25.2 Å². The molecule has 0 radical (unpaired) electrons. The zero-order valence-electron chi connectivity index (χ0n) is 39.6. The Hall–Kier alpha value is -2.44. The van der Waals surface area contributed by atoms with Crippen LogP contribution in [0.25, 0.3) is 0 Å². The van der Waals surface area contributed by atoms with E-state index in [4.69, 9.17) is 4.74 Å². The number of nitrogens with one attached hydrogen (secondary N) is 1. The van der Waals surface area contributed by atoms with Gasteiger partial charge in [-0.1, -0.05) is 236 Å². The van der Waals surface area contributed by atoms with E-state index in [9.17, 15) is 19.8 Å². The molecular formula is C54H97NO5. The second-order valence-corrected chi connectivity index (χ2v) is 17.2. The van der Waals surface area contributed by atoms with E-state index in [-0.39, 0.29) is 31.3 Å². The first kappa shape index (κ1) is 57.6. The van der Waals surface area contributed by atoms with Crippen LogP contribution in [0, 0.1) is 0 Å². The van der Waals surface area contributed by atoms with E-state index in [1.165, 1.54) is 122 Å². The average Bonchev–Trinajstić information content (AvgIpc) is 3.24. The summed E-state index contributed by atoms with van der Waals surface area (Å²) in [7, 11) is 0. The highest BCUT2D eigenvalue weighted by Crippen LogP contribution is 2.18. The van der Waals surface area contributed by atoms with Gasteiger partial charge in [0.25, 0.3) is 0 Å². The van der Waals surface area contributed by atoms with Gasteiger partial charge in [-0.15, -0.1) is 0 Å². The minimum absolute atomic E-state index is 0.0491. The first-order valence-electron chi connectivity index (χ1n) is 25.5. The maximum Gasteiger partial charge on any atom is 0.306 e. The Morgan fingerprint density at radius 3 is 1.27 bits per heavy atom. The van der Waals surface area contributed by atoms with Crippen molar-refractivity contribution in [3.8, 4) is 0 Å². The van der Waals surface area contributed by atoms with E-state index in [1.54, 1.807) is 0 Å². The second-order valence-electron chi connectivity index (χ2n) is 17.2. The maximum atomic E-state index is 13.2. The molecule has 0 aliphatic rings. The summed E-state index contributed by atoms with van der Waals surface area (Å²) < 4.78 is 5.89. The lowest BCUT2D eigenvalue weighted by molar-refractivity contribution is -0.150. The van der Waals surface area contributed by atoms with Gasteiger partial charge in [-0.3, -0.25) is 9.59 Å². The average molecular weight is 840 g/mol. The molecular weight excluding hydrogens is 743 g/mol. The van der Waals surface area contributed by atoms with E-state index in [2.05, 4.69) is 80.8 Å². The summed E-state index contributed by atoms with van der Waals surface area (Å²) in [5, 5.41) is 23.7. The van der Waals surface area contributed by atoms with Crippen LogP contribution in [0.2, 0.25) is 0 Å². The van der Waals surface area contributed by atoms with E-state index >= 15 is 0 Å². The zero-order chi connectivity index (χ0) is 43.8. The number of esters is 1. The molecule has 0 saturated carbocycles. The van der Waals surface area contributed by atoms with Crippen molar-refractivity contribution in [2.24, 2.45) is 0 Å². The predicted octanol–water partition coefficient (Wildman–Crippen LogP) is 15.2. The van der Waals surface area contributed by atoms with Crippen LogP contribution >= 0.6 is 0 Å². The molecule has 0 spiro atoms. The van der Waals surface area contributed by atoms with Gasteiger partial charge in [-0.2, -0.15) is 0 Å². The number of ether oxygens (including phenoxy) is 1. The lowest BCUT2D eigenvalue weighted by Gasteiger charge is -2.24. The Morgan fingerprint density at radius 1 is 0.500 bits per heavy atom. The smallest absolute Gasteiger partial charge is 0.306 e. The van der Waals surface area contributed by atoms with Crippen LogP contribution in [0.4, 0.5) is 0 Å². The van der Waals surface area contributed by atoms with Crippen molar-refractivity contribution < 1.29 is 24.5 Å². The maximum absolute atomic E-state index is 13.2. The number of rotatable bonds is 45. The molecule has 0 saturated heterocycles.